The zero-order valence-electron chi connectivity index (χ0n) is 12.9. The van der Waals surface area contributed by atoms with Crippen molar-refractivity contribution in [3.8, 4) is 11.5 Å². The van der Waals surface area contributed by atoms with Gasteiger partial charge in [0.2, 0.25) is 5.91 Å². The molecule has 0 spiro atoms. The fourth-order valence-corrected chi connectivity index (χ4v) is 3.94. The van der Waals surface area contributed by atoms with Gasteiger partial charge in [-0.05, 0) is 65.1 Å². The number of fused-ring (bicyclic) bond motifs is 1. The van der Waals surface area contributed by atoms with Crippen LogP contribution >= 0.6 is 22.6 Å². The van der Waals surface area contributed by atoms with Crippen molar-refractivity contribution in [2.24, 2.45) is 0 Å². The molecule has 1 aliphatic heterocycles. The minimum Gasteiger partial charge on any atom is -0.493 e. The third kappa shape index (κ3) is 2.83. The molecule has 1 aromatic carbocycles. The molecule has 4 nitrogen and oxygen atoms in total. The van der Waals surface area contributed by atoms with Gasteiger partial charge in [0.05, 0.1) is 20.3 Å². The second-order valence-electron chi connectivity index (χ2n) is 5.75. The molecule has 22 heavy (non-hydrogen) atoms. The summed E-state index contributed by atoms with van der Waals surface area (Å²) in [4.78, 5) is 14.3. The van der Waals surface area contributed by atoms with Gasteiger partial charge in [0, 0.05) is 16.2 Å². The summed E-state index contributed by atoms with van der Waals surface area (Å²) < 4.78 is 11.8. The Morgan fingerprint density at radius 3 is 2.68 bits per heavy atom. The maximum atomic E-state index is 12.3. The summed E-state index contributed by atoms with van der Waals surface area (Å²) in [5.41, 5.74) is 2.42. The molecule has 1 unspecified atom stereocenters. The molecule has 118 valence electrons. The van der Waals surface area contributed by atoms with Crippen molar-refractivity contribution in [3.05, 3.63) is 32.9 Å². The van der Waals surface area contributed by atoms with Crippen LogP contribution in [0.4, 0.5) is 0 Å². The highest BCUT2D eigenvalue weighted by Gasteiger charge is 2.34. The van der Waals surface area contributed by atoms with Crippen LogP contribution in [0.1, 0.15) is 31.2 Å². The van der Waals surface area contributed by atoms with E-state index >= 15 is 0 Å². The number of hydrogen-bond acceptors (Lipinski definition) is 3. The molecule has 0 saturated heterocycles. The average Bonchev–Trinajstić information content (AvgIpc) is 2.84. The Morgan fingerprint density at radius 1 is 1.23 bits per heavy atom. The number of carbonyl (C=O) groups excluding carboxylic acids is 1. The smallest absolute Gasteiger partial charge is 0.247 e. The highest BCUT2D eigenvalue weighted by Crippen LogP contribution is 2.36. The quantitative estimate of drug-likeness (QED) is 0.710. The van der Waals surface area contributed by atoms with Crippen molar-refractivity contribution in [3.63, 3.8) is 0 Å². The maximum Gasteiger partial charge on any atom is 0.247 e. The molecule has 1 saturated carbocycles. The Hall–Kier alpha value is -1.24. The predicted molar refractivity (Wildman–Crippen MR) is 93.2 cm³/mol. The summed E-state index contributed by atoms with van der Waals surface area (Å²) >= 11 is 2.29. The molecule has 1 aliphatic carbocycles. The molecular formula is C17H20INO3. The van der Waals surface area contributed by atoms with E-state index in [4.69, 9.17) is 9.47 Å². The van der Waals surface area contributed by atoms with Gasteiger partial charge in [0.1, 0.15) is 0 Å². The fraction of sp³-hybridized carbons (Fsp3) is 0.471. The van der Waals surface area contributed by atoms with Crippen LogP contribution in [0, 0.1) is 3.57 Å². The van der Waals surface area contributed by atoms with E-state index in [0.29, 0.717) is 18.3 Å². The van der Waals surface area contributed by atoms with Crippen LogP contribution in [0.2, 0.25) is 0 Å². The van der Waals surface area contributed by atoms with Crippen molar-refractivity contribution in [2.75, 3.05) is 14.2 Å². The molecule has 5 heteroatoms. The second kappa shape index (κ2) is 6.48. The molecule has 1 aromatic rings. The summed E-state index contributed by atoms with van der Waals surface area (Å²) in [6, 6.07) is 4.24. The zero-order chi connectivity index (χ0) is 15.7. The molecule has 3 rings (SSSR count). The van der Waals surface area contributed by atoms with E-state index in [1.807, 2.05) is 23.1 Å². The second-order valence-corrected chi connectivity index (χ2v) is 6.91. The van der Waals surface area contributed by atoms with E-state index in [0.717, 1.165) is 27.7 Å². The highest BCUT2D eigenvalue weighted by molar-refractivity contribution is 14.1. The molecule has 1 atom stereocenters. The van der Waals surface area contributed by atoms with Gasteiger partial charge in [0.25, 0.3) is 0 Å². The first kappa shape index (κ1) is 15.6. The van der Waals surface area contributed by atoms with Crippen LogP contribution in [-0.2, 0) is 11.3 Å². The Bertz CT molecular complexity index is 627. The first-order chi connectivity index (χ1) is 10.6. The largest absolute Gasteiger partial charge is 0.493 e. The molecule has 0 bridgehead atoms. The fourth-order valence-electron chi connectivity index (χ4n) is 3.33. The van der Waals surface area contributed by atoms with Gasteiger partial charge >= 0.3 is 0 Å². The van der Waals surface area contributed by atoms with Gasteiger partial charge in [-0.3, -0.25) is 4.79 Å². The topological polar surface area (TPSA) is 38.8 Å². The molecule has 1 heterocycles. The van der Waals surface area contributed by atoms with Gasteiger partial charge < -0.3 is 14.4 Å². The van der Waals surface area contributed by atoms with E-state index in [-0.39, 0.29) is 5.91 Å². The summed E-state index contributed by atoms with van der Waals surface area (Å²) in [7, 11) is 3.27. The zero-order valence-corrected chi connectivity index (χ0v) is 15.1. The monoisotopic (exact) mass is 413 g/mol. The average molecular weight is 413 g/mol. The Kier molecular flexibility index (Phi) is 4.61. The van der Waals surface area contributed by atoms with E-state index in [1.165, 1.54) is 18.4 Å². The van der Waals surface area contributed by atoms with Gasteiger partial charge in [-0.2, -0.15) is 0 Å². The number of ether oxygens (including phenoxy) is 2. The summed E-state index contributed by atoms with van der Waals surface area (Å²) in [6.45, 7) is 0.627. The van der Waals surface area contributed by atoms with Crippen molar-refractivity contribution in [1.29, 1.82) is 0 Å². The van der Waals surface area contributed by atoms with Gasteiger partial charge in [-0.25, -0.2) is 0 Å². The van der Waals surface area contributed by atoms with Crippen LogP contribution in [0.25, 0.3) is 0 Å². The molecular weight excluding hydrogens is 393 g/mol. The molecule has 0 N–H and O–H groups in total. The van der Waals surface area contributed by atoms with Crippen LogP contribution in [0.5, 0.6) is 11.5 Å². The minimum atomic E-state index is 0.146. The summed E-state index contributed by atoms with van der Waals surface area (Å²) in [5, 5.41) is 0. The van der Waals surface area contributed by atoms with E-state index < -0.39 is 0 Å². The molecule has 1 amide bonds. The van der Waals surface area contributed by atoms with Gasteiger partial charge in [-0.15, -0.1) is 0 Å². The van der Waals surface area contributed by atoms with E-state index in [1.54, 1.807) is 14.2 Å². The Labute approximate surface area is 144 Å². The summed E-state index contributed by atoms with van der Waals surface area (Å²) in [6.07, 6.45) is 6.40. The van der Waals surface area contributed by atoms with Crippen molar-refractivity contribution >= 4 is 28.5 Å². The van der Waals surface area contributed by atoms with Crippen LogP contribution in [0.15, 0.2) is 23.8 Å². The lowest BCUT2D eigenvalue weighted by Gasteiger charge is -2.30. The number of carbonyl (C=O) groups is 1. The molecule has 1 fully saturated rings. The first-order valence-corrected chi connectivity index (χ1v) is 8.63. The molecule has 2 aliphatic rings. The van der Waals surface area contributed by atoms with E-state index in [2.05, 4.69) is 22.6 Å². The standard InChI is InChI=1S/C17H20INO3/c1-21-15-7-12(13(18)9-16(15)22-2)10-19-14-6-4-3-5-11(14)8-17(19)20/h7-9,14H,3-6,10H2,1-2H3. The molecule has 0 radical (unpaired) electrons. The number of hydrogen-bond donors (Lipinski definition) is 0. The number of halogens is 1. The molecule has 0 aromatic heterocycles. The number of benzene rings is 1. The maximum absolute atomic E-state index is 12.3. The Morgan fingerprint density at radius 2 is 1.95 bits per heavy atom. The lowest BCUT2D eigenvalue weighted by Crippen LogP contribution is -2.36. The lowest BCUT2D eigenvalue weighted by molar-refractivity contribution is -0.126. The number of methoxy groups -OCH3 is 2. The van der Waals surface area contributed by atoms with Crippen molar-refractivity contribution < 1.29 is 14.3 Å². The van der Waals surface area contributed by atoms with E-state index in [9.17, 15) is 4.79 Å². The summed E-state index contributed by atoms with van der Waals surface area (Å²) in [5.74, 6) is 1.58. The lowest BCUT2D eigenvalue weighted by atomic mass is 9.91. The minimum absolute atomic E-state index is 0.146. The van der Waals surface area contributed by atoms with Crippen LogP contribution in [0.3, 0.4) is 0 Å². The van der Waals surface area contributed by atoms with Crippen molar-refractivity contribution in [1.82, 2.24) is 4.90 Å². The first-order valence-electron chi connectivity index (χ1n) is 7.55. The number of amides is 1. The van der Waals surface area contributed by atoms with Gasteiger partial charge in [-0.1, -0.05) is 6.42 Å². The number of nitrogens with zero attached hydrogens (tertiary/aromatic N) is 1. The van der Waals surface area contributed by atoms with Gasteiger partial charge in [0.15, 0.2) is 11.5 Å². The highest BCUT2D eigenvalue weighted by atomic mass is 127. The SMILES string of the molecule is COc1cc(I)c(CN2C(=O)C=C3CCCCC32)cc1OC. The Balaban J connectivity index is 1.85. The van der Waals surface area contributed by atoms with Crippen molar-refractivity contribution in [2.45, 2.75) is 38.3 Å². The van der Waals surface area contributed by atoms with Crippen LogP contribution < -0.4 is 9.47 Å². The third-order valence-corrected chi connectivity index (χ3v) is 5.49. The third-order valence-electron chi connectivity index (χ3n) is 4.48. The van der Waals surface area contributed by atoms with Crippen LogP contribution in [-0.4, -0.2) is 31.1 Å². The predicted octanol–water partition coefficient (Wildman–Crippen LogP) is 3.52. The number of rotatable bonds is 4. The normalized spacial score (nSPS) is 20.7.